The Balaban J connectivity index is 2.14. The molecule has 21 heavy (non-hydrogen) atoms. The van der Waals surface area contributed by atoms with Crippen molar-refractivity contribution >= 4 is 10.9 Å². The van der Waals surface area contributed by atoms with Gasteiger partial charge in [0, 0.05) is 17.6 Å². The van der Waals surface area contributed by atoms with Crippen molar-refractivity contribution in [3.8, 4) is 0 Å². The highest BCUT2D eigenvalue weighted by molar-refractivity contribution is 5.79. The summed E-state index contributed by atoms with van der Waals surface area (Å²) in [5, 5.41) is 11.6. The lowest BCUT2D eigenvalue weighted by Crippen LogP contribution is -2.23. The van der Waals surface area contributed by atoms with Gasteiger partial charge in [-0.2, -0.15) is 0 Å². The van der Waals surface area contributed by atoms with Gasteiger partial charge in [-0.25, -0.2) is 8.78 Å². The molecule has 2 nitrogen and oxygen atoms in total. The summed E-state index contributed by atoms with van der Waals surface area (Å²) in [5.74, 6) is -1.43. The predicted octanol–water partition coefficient (Wildman–Crippen LogP) is 3.77. The molecule has 1 N–H and O–H groups in total. The predicted molar refractivity (Wildman–Crippen MR) is 76.8 cm³/mol. The molecule has 0 radical (unpaired) electrons. The molecule has 4 heteroatoms. The Morgan fingerprint density at radius 1 is 0.952 bits per heavy atom. The first-order valence-corrected chi connectivity index (χ1v) is 6.51. The number of benzene rings is 2. The molecular formula is C17H13F2NO. The minimum Gasteiger partial charge on any atom is -0.381 e. The van der Waals surface area contributed by atoms with Crippen molar-refractivity contribution in [1.29, 1.82) is 0 Å². The van der Waals surface area contributed by atoms with Crippen LogP contribution in [0.15, 0.2) is 54.7 Å². The summed E-state index contributed by atoms with van der Waals surface area (Å²) in [4.78, 5) is 4.20. The second-order valence-electron chi connectivity index (χ2n) is 5.14. The molecule has 3 rings (SSSR count). The van der Waals surface area contributed by atoms with Crippen molar-refractivity contribution in [3.05, 3.63) is 77.5 Å². The third kappa shape index (κ3) is 2.50. The number of hydrogen-bond acceptors (Lipinski definition) is 2. The smallest absolute Gasteiger partial charge is 0.126 e. The molecule has 0 saturated carbocycles. The molecule has 0 aliphatic rings. The number of nitrogens with zero attached hydrogens (tertiary/aromatic N) is 1. The van der Waals surface area contributed by atoms with E-state index in [1.165, 1.54) is 6.92 Å². The minimum absolute atomic E-state index is 0.170. The highest BCUT2D eigenvalue weighted by Crippen LogP contribution is 2.31. The van der Waals surface area contributed by atoms with E-state index >= 15 is 0 Å². The monoisotopic (exact) mass is 285 g/mol. The second-order valence-corrected chi connectivity index (χ2v) is 5.14. The van der Waals surface area contributed by atoms with Crippen LogP contribution in [0, 0.1) is 11.6 Å². The van der Waals surface area contributed by atoms with E-state index in [2.05, 4.69) is 4.98 Å². The van der Waals surface area contributed by atoms with Crippen LogP contribution in [0.25, 0.3) is 10.9 Å². The van der Waals surface area contributed by atoms with E-state index < -0.39 is 17.2 Å². The van der Waals surface area contributed by atoms with E-state index in [-0.39, 0.29) is 5.56 Å². The largest absolute Gasteiger partial charge is 0.381 e. The molecule has 0 amide bonds. The zero-order valence-corrected chi connectivity index (χ0v) is 11.3. The van der Waals surface area contributed by atoms with Gasteiger partial charge >= 0.3 is 0 Å². The number of rotatable bonds is 2. The molecule has 1 unspecified atom stereocenters. The van der Waals surface area contributed by atoms with Crippen LogP contribution in [0.3, 0.4) is 0 Å². The molecule has 1 heterocycles. The Kier molecular flexibility index (Phi) is 3.18. The topological polar surface area (TPSA) is 33.1 Å². The maximum Gasteiger partial charge on any atom is 0.126 e. The summed E-state index contributed by atoms with van der Waals surface area (Å²) in [5.41, 5.74) is 0.0196. The molecule has 1 aromatic heterocycles. The Labute approximate surface area is 120 Å². The van der Waals surface area contributed by atoms with Gasteiger partial charge < -0.3 is 5.11 Å². The zero-order valence-electron chi connectivity index (χ0n) is 11.3. The van der Waals surface area contributed by atoms with Crippen LogP contribution >= 0.6 is 0 Å². The standard InChI is InChI=1S/C17H13F2NO/c1-17(21,13-8-14(18)10-15(19)9-13)12-4-5-16-11(7-12)3-2-6-20-16/h2-10,21H,1H3. The van der Waals surface area contributed by atoms with Crippen LogP contribution in [0.2, 0.25) is 0 Å². The third-order valence-electron chi connectivity index (χ3n) is 3.59. The Morgan fingerprint density at radius 3 is 2.38 bits per heavy atom. The van der Waals surface area contributed by atoms with Crippen molar-refractivity contribution in [3.63, 3.8) is 0 Å². The Bertz CT molecular complexity index is 794. The molecule has 0 spiro atoms. The van der Waals surface area contributed by atoms with Crippen molar-refractivity contribution < 1.29 is 13.9 Å². The molecule has 0 fully saturated rings. The molecule has 3 aromatic rings. The van der Waals surface area contributed by atoms with E-state index in [4.69, 9.17) is 0 Å². The lowest BCUT2D eigenvalue weighted by molar-refractivity contribution is 0.102. The highest BCUT2D eigenvalue weighted by Gasteiger charge is 2.27. The van der Waals surface area contributed by atoms with E-state index in [1.807, 2.05) is 6.07 Å². The SMILES string of the molecule is CC(O)(c1cc(F)cc(F)c1)c1ccc2ncccc2c1. The van der Waals surface area contributed by atoms with Gasteiger partial charge in [-0.15, -0.1) is 0 Å². The fourth-order valence-electron chi connectivity index (χ4n) is 2.38. The van der Waals surface area contributed by atoms with Gasteiger partial charge in [0.15, 0.2) is 0 Å². The third-order valence-corrected chi connectivity index (χ3v) is 3.59. The van der Waals surface area contributed by atoms with Crippen LogP contribution in [0.4, 0.5) is 8.78 Å². The van der Waals surface area contributed by atoms with Gasteiger partial charge in [0.2, 0.25) is 0 Å². The summed E-state index contributed by atoms with van der Waals surface area (Å²) in [6.45, 7) is 1.51. The average molecular weight is 285 g/mol. The summed E-state index contributed by atoms with van der Waals surface area (Å²) in [6.07, 6.45) is 1.68. The summed E-state index contributed by atoms with van der Waals surface area (Å²) >= 11 is 0. The van der Waals surface area contributed by atoms with Gasteiger partial charge in [-0.05, 0) is 48.4 Å². The van der Waals surface area contributed by atoms with E-state index in [0.717, 1.165) is 29.1 Å². The van der Waals surface area contributed by atoms with Crippen LogP contribution in [0.1, 0.15) is 18.1 Å². The lowest BCUT2D eigenvalue weighted by Gasteiger charge is -2.25. The fraction of sp³-hybridized carbons (Fsp3) is 0.118. The zero-order chi connectivity index (χ0) is 15.0. The number of hydrogen-bond donors (Lipinski definition) is 1. The quantitative estimate of drug-likeness (QED) is 0.777. The molecule has 0 aliphatic carbocycles. The van der Waals surface area contributed by atoms with Gasteiger partial charge in [-0.1, -0.05) is 12.1 Å². The van der Waals surface area contributed by atoms with Crippen molar-refractivity contribution in [1.82, 2.24) is 4.98 Å². The van der Waals surface area contributed by atoms with Crippen LogP contribution < -0.4 is 0 Å². The van der Waals surface area contributed by atoms with E-state index in [9.17, 15) is 13.9 Å². The van der Waals surface area contributed by atoms with E-state index in [1.54, 1.807) is 30.5 Å². The van der Waals surface area contributed by atoms with Gasteiger partial charge in [-0.3, -0.25) is 4.98 Å². The first kappa shape index (κ1) is 13.6. The number of pyridine rings is 1. The number of halogens is 2. The lowest BCUT2D eigenvalue weighted by atomic mass is 9.87. The molecule has 106 valence electrons. The molecular weight excluding hydrogens is 272 g/mol. The molecule has 2 aromatic carbocycles. The Hall–Kier alpha value is -2.33. The molecule has 0 bridgehead atoms. The number of aromatic nitrogens is 1. The summed E-state index contributed by atoms with van der Waals surface area (Å²) < 4.78 is 26.7. The number of aliphatic hydroxyl groups is 1. The maximum absolute atomic E-state index is 13.4. The average Bonchev–Trinajstić information content (AvgIpc) is 2.45. The van der Waals surface area contributed by atoms with Gasteiger partial charge in [0.1, 0.15) is 17.2 Å². The van der Waals surface area contributed by atoms with Gasteiger partial charge in [0.25, 0.3) is 0 Å². The van der Waals surface area contributed by atoms with E-state index in [0.29, 0.717) is 5.56 Å². The van der Waals surface area contributed by atoms with Crippen LogP contribution in [-0.4, -0.2) is 10.1 Å². The normalized spacial score (nSPS) is 14.1. The first-order chi connectivity index (χ1) is 9.96. The summed E-state index contributed by atoms with van der Waals surface area (Å²) in [6, 6.07) is 12.0. The Morgan fingerprint density at radius 2 is 1.67 bits per heavy atom. The minimum atomic E-state index is -1.49. The molecule has 0 saturated heterocycles. The number of fused-ring (bicyclic) bond motifs is 1. The summed E-state index contributed by atoms with van der Waals surface area (Å²) in [7, 11) is 0. The van der Waals surface area contributed by atoms with Crippen LogP contribution in [-0.2, 0) is 5.60 Å². The first-order valence-electron chi connectivity index (χ1n) is 6.51. The van der Waals surface area contributed by atoms with Crippen molar-refractivity contribution in [2.24, 2.45) is 0 Å². The van der Waals surface area contributed by atoms with Crippen LogP contribution in [0.5, 0.6) is 0 Å². The van der Waals surface area contributed by atoms with Crippen molar-refractivity contribution in [2.45, 2.75) is 12.5 Å². The second kappa shape index (κ2) is 4.90. The maximum atomic E-state index is 13.4. The molecule has 1 atom stereocenters. The van der Waals surface area contributed by atoms with Crippen molar-refractivity contribution in [2.75, 3.05) is 0 Å². The highest BCUT2D eigenvalue weighted by atomic mass is 19.1. The fourth-order valence-corrected chi connectivity index (χ4v) is 2.38. The molecule has 0 aliphatic heterocycles. The van der Waals surface area contributed by atoms with Gasteiger partial charge in [0.05, 0.1) is 5.52 Å².